The number of aromatic nitrogens is 1. The van der Waals surface area contributed by atoms with E-state index in [1.807, 2.05) is 54.3 Å². The molecular formula is C28H35N3O5S. The maximum absolute atomic E-state index is 12.9. The second kappa shape index (κ2) is 12.8. The van der Waals surface area contributed by atoms with Gasteiger partial charge in [0.2, 0.25) is 0 Å². The van der Waals surface area contributed by atoms with E-state index in [0.717, 1.165) is 48.1 Å². The predicted molar refractivity (Wildman–Crippen MR) is 149 cm³/mol. The smallest absolute Gasteiger partial charge is 0.253 e. The van der Waals surface area contributed by atoms with Crippen LogP contribution in [0, 0.1) is 0 Å². The van der Waals surface area contributed by atoms with Gasteiger partial charge in [0.25, 0.3) is 5.56 Å². The fourth-order valence-electron chi connectivity index (χ4n) is 4.52. The van der Waals surface area contributed by atoms with E-state index >= 15 is 0 Å². The molecule has 2 heterocycles. The number of hydrogen-bond acceptors (Lipinski definition) is 6. The number of nitrogens with zero attached hydrogens (tertiary/aromatic N) is 1. The Kier molecular flexibility index (Phi) is 9.24. The van der Waals surface area contributed by atoms with Gasteiger partial charge in [-0.05, 0) is 80.4 Å². The lowest BCUT2D eigenvalue weighted by molar-refractivity contribution is 0.0897. The third-order valence-electron chi connectivity index (χ3n) is 6.44. The molecule has 0 aliphatic carbocycles. The molecular weight excluding hydrogens is 490 g/mol. The third kappa shape index (κ3) is 6.93. The van der Waals surface area contributed by atoms with Crippen LogP contribution in [0.2, 0.25) is 0 Å². The van der Waals surface area contributed by atoms with Gasteiger partial charge in [-0.2, -0.15) is 0 Å². The fraction of sp³-hybridized carbons (Fsp3) is 0.429. The molecule has 1 aromatic heterocycles. The molecule has 0 amide bonds. The van der Waals surface area contributed by atoms with Gasteiger partial charge in [-0.1, -0.05) is 6.07 Å². The van der Waals surface area contributed by atoms with Gasteiger partial charge in [0.1, 0.15) is 5.75 Å². The molecule has 1 saturated heterocycles. The number of nitrogens with one attached hydrogen (secondary N) is 2. The summed E-state index contributed by atoms with van der Waals surface area (Å²) in [4.78, 5) is 17.9. The zero-order valence-electron chi connectivity index (χ0n) is 21.7. The lowest BCUT2D eigenvalue weighted by Crippen LogP contribution is -2.44. The Bertz CT molecular complexity index is 1270. The van der Waals surface area contributed by atoms with Crippen LogP contribution in [0.1, 0.15) is 30.9 Å². The van der Waals surface area contributed by atoms with Crippen LogP contribution in [0.15, 0.2) is 47.3 Å². The number of ether oxygens (including phenoxy) is 4. The van der Waals surface area contributed by atoms with E-state index in [0.29, 0.717) is 48.4 Å². The molecule has 0 saturated carbocycles. The van der Waals surface area contributed by atoms with Gasteiger partial charge in [0.05, 0.1) is 33.5 Å². The van der Waals surface area contributed by atoms with Crippen molar-refractivity contribution >= 4 is 28.2 Å². The first kappa shape index (κ1) is 26.8. The van der Waals surface area contributed by atoms with Gasteiger partial charge in [-0.25, -0.2) is 0 Å². The zero-order chi connectivity index (χ0) is 26.2. The van der Waals surface area contributed by atoms with Crippen molar-refractivity contribution in [3.05, 3.63) is 63.9 Å². The van der Waals surface area contributed by atoms with E-state index in [9.17, 15) is 4.79 Å². The highest BCUT2D eigenvalue weighted by Gasteiger charge is 2.22. The molecule has 3 aromatic rings. The monoisotopic (exact) mass is 525 g/mol. The summed E-state index contributed by atoms with van der Waals surface area (Å²) in [6.45, 7) is 4.94. The summed E-state index contributed by atoms with van der Waals surface area (Å²) in [7, 11) is 3.25. The molecule has 8 nitrogen and oxygen atoms in total. The summed E-state index contributed by atoms with van der Waals surface area (Å²) in [5.41, 5.74) is 2.40. The van der Waals surface area contributed by atoms with Crippen molar-refractivity contribution in [2.24, 2.45) is 0 Å². The van der Waals surface area contributed by atoms with Crippen LogP contribution in [0.25, 0.3) is 10.9 Å². The molecule has 1 aliphatic heterocycles. The van der Waals surface area contributed by atoms with Crippen molar-refractivity contribution in [1.82, 2.24) is 15.2 Å². The molecule has 0 bridgehead atoms. The highest BCUT2D eigenvalue weighted by atomic mass is 32.1. The van der Waals surface area contributed by atoms with Gasteiger partial charge in [-0.15, -0.1) is 0 Å². The Balaban J connectivity index is 1.47. The lowest BCUT2D eigenvalue weighted by atomic mass is 10.1. The lowest BCUT2D eigenvalue weighted by Gasteiger charge is -2.28. The SMILES string of the molecule is CCOc1ccc2[nH]c(=O)c(CN(C[C@H]3CCCO3)C(=S)NCCc3ccc(OC)c(OC)c3)cc2c1. The predicted octanol–water partition coefficient (Wildman–Crippen LogP) is 4.04. The molecule has 1 aliphatic rings. The fourth-order valence-corrected chi connectivity index (χ4v) is 4.77. The second-order valence-corrected chi connectivity index (χ2v) is 9.38. The van der Waals surface area contributed by atoms with Crippen LogP contribution in [0.5, 0.6) is 17.2 Å². The first-order chi connectivity index (χ1) is 18.0. The van der Waals surface area contributed by atoms with Crippen molar-refractivity contribution in [3.63, 3.8) is 0 Å². The second-order valence-electron chi connectivity index (χ2n) is 8.99. The molecule has 2 N–H and O–H groups in total. The first-order valence-corrected chi connectivity index (χ1v) is 13.1. The maximum Gasteiger partial charge on any atom is 0.253 e. The van der Waals surface area contributed by atoms with Gasteiger partial charge >= 0.3 is 0 Å². The Labute approximate surface area is 222 Å². The van der Waals surface area contributed by atoms with E-state index in [4.69, 9.17) is 31.2 Å². The summed E-state index contributed by atoms with van der Waals surface area (Å²) in [6, 6.07) is 13.5. The summed E-state index contributed by atoms with van der Waals surface area (Å²) in [6.07, 6.45) is 2.87. The number of aromatic amines is 1. The molecule has 0 unspecified atom stereocenters. The zero-order valence-corrected chi connectivity index (χ0v) is 22.5. The normalized spacial score (nSPS) is 14.9. The minimum atomic E-state index is -0.123. The number of rotatable bonds is 11. The highest BCUT2D eigenvalue weighted by molar-refractivity contribution is 7.80. The quantitative estimate of drug-likeness (QED) is 0.363. The topological polar surface area (TPSA) is 85.1 Å². The molecule has 1 fully saturated rings. The Hall–Kier alpha value is -3.30. The number of H-pyrrole nitrogens is 1. The average molecular weight is 526 g/mol. The van der Waals surface area contributed by atoms with Crippen LogP contribution >= 0.6 is 12.2 Å². The van der Waals surface area contributed by atoms with Crippen molar-refractivity contribution in [2.45, 2.75) is 38.8 Å². The number of pyridine rings is 1. The minimum absolute atomic E-state index is 0.0923. The number of benzene rings is 2. The van der Waals surface area contributed by atoms with Crippen LogP contribution < -0.4 is 25.1 Å². The van der Waals surface area contributed by atoms with E-state index < -0.39 is 0 Å². The van der Waals surface area contributed by atoms with Gasteiger partial charge in [0, 0.05) is 36.2 Å². The van der Waals surface area contributed by atoms with E-state index in [2.05, 4.69) is 10.3 Å². The van der Waals surface area contributed by atoms with E-state index in [1.54, 1.807) is 14.2 Å². The van der Waals surface area contributed by atoms with Crippen molar-refractivity contribution in [2.75, 3.05) is 40.5 Å². The molecule has 9 heteroatoms. The van der Waals surface area contributed by atoms with Gasteiger partial charge < -0.3 is 34.1 Å². The standard InChI is InChI=1S/C28H35N3O5S/c1-4-35-22-8-9-24-20(16-22)15-21(27(32)30-24)17-31(18-23-6-5-13-36-23)28(37)29-12-11-19-7-10-25(33-2)26(14-19)34-3/h7-10,14-16,23H,4-6,11-13,17-18H2,1-3H3,(H,29,37)(H,30,32)/t23-/m1/s1. The number of fused-ring (bicyclic) bond motifs is 1. The number of methoxy groups -OCH3 is 2. The summed E-state index contributed by atoms with van der Waals surface area (Å²) < 4.78 is 22.3. The molecule has 1 atom stereocenters. The Morgan fingerprint density at radius 3 is 2.73 bits per heavy atom. The maximum atomic E-state index is 12.9. The molecule has 0 spiro atoms. The summed E-state index contributed by atoms with van der Waals surface area (Å²) in [5, 5.41) is 4.89. The van der Waals surface area contributed by atoms with Crippen LogP contribution in [0.4, 0.5) is 0 Å². The van der Waals surface area contributed by atoms with E-state index in [1.165, 1.54) is 0 Å². The molecule has 198 valence electrons. The van der Waals surface area contributed by atoms with Gasteiger partial charge in [-0.3, -0.25) is 4.79 Å². The Morgan fingerprint density at radius 1 is 1.16 bits per heavy atom. The van der Waals surface area contributed by atoms with Crippen LogP contribution in [-0.4, -0.2) is 61.6 Å². The number of thiocarbonyl (C=S) groups is 1. The molecule has 2 aromatic carbocycles. The Morgan fingerprint density at radius 2 is 2.00 bits per heavy atom. The molecule has 4 rings (SSSR count). The van der Waals surface area contributed by atoms with Gasteiger partial charge in [0.15, 0.2) is 16.6 Å². The van der Waals surface area contributed by atoms with Crippen LogP contribution in [0.3, 0.4) is 0 Å². The van der Waals surface area contributed by atoms with Crippen molar-refractivity contribution in [1.29, 1.82) is 0 Å². The first-order valence-electron chi connectivity index (χ1n) is 12.6. The van der Waals surface area contributed by atoms with Crippen molar-refractivity contribution < 1.29 is 18.9 Å². The van der Waals surface area contributed by atoms with Crippen LogP contribution in [-0.2, 0) is 17.7 Å². The molecule has 37 heavy (non-hydrogen) atoms. The summed E-state index contributed by atoms with van der Waals surface area (Å²) in [5.74, 6) is 2.17. The van der Waals surface area contributed by atoms with Crippen molar-refractivity contribution in [3.8, 4) is 17.2 Å². The van der Waals surface area contributed by atoms with E-state index in [-0.39, 0.29) is 11.7 Å². The highest BCUT2D eigenvalue weighted by Crippen LogP contribution is 2.27. The molecule has 0 radical (unpaired) electrons. The third-order valence-corrected chi connectivity index (χ3v) is 6.84. The summed E-state index contributed by atoms with van der Waals surface area (Å²) >= 11 is 5.79. The largest absolute Gasteiger partial charge is 0.494 e. The average Bonchev–Trinajstić information content (AvgIpc) is 3.42. The minimum Gasteiger partial charge on any atom is -0.494 e. The number of hydrogen-bond donors (Lipinski definition) is 2.